The number of hydrogen-bond acceptors (Lipinski definition) is 1. The molecule has 0 aliphatic heterocycles. The van der Waals surface area contributed by atoms with Crippen LogP contribution in [0.5, 0.6) is 0 Å². The number of rotatable bonds is 3. The zero-order valence-electron chi connectivity index (χ0n) is 6.90. The van der Waals surface area contributed by atoms with E-state index in [9.17, 15) is 4.79 Å². The van der Waals surface area contributed by atoms with Crippen molar-refractivity contribution < 1.29 is 4.79 Å². The summed E-state index contributed by atoms with van der Waals surface area (Å²) in [6.45, 7) is 4.02. The molecule has 0 bridgehead atoms. The van der Waals surface area contributed by atoms with E-state index >= 15 is 0 Å². The molecule has 0 saturated heterocycles. The van der Waals surface area contributed by atoms with E-state index in [-0.39, 0.29) is 5.91 Å². The molecule has 0 atom stereocenters. The molecular weight excluding hydrogens is 174 g/mol. The molecule has 2 nitrogen and oxygen atoms in total. The Morgan fingerprint density at radius 2 is 2.42 bits per heavy atom. The zero-order chi connectivity index (χ0) is 8.97. The van der Waals surface area contributed by atoms with Gasteiger partial charge in [0.15, 0.2) is 0 Å². The predicted molar refractivity (Wildman–Crippen MR) is 49.9 cm³/mol. The summed E-state index contributed by atoms with van der Waals surface area (Å²) in [6, 6.07) is 0. The lowest BCUT2D eigenvalue weighted by Crippen LogP contribution is -2.24. The van der Waals surface area contributed by atoms with Crippen molar-refractivity contribution in [2.75, 3.05) is 6.54 Å². The van der Waals surface area contributed by atoms with Gasteiger partial charge in [-0.05, 0) is 19.3 Å². The van der Waals surface area contributed by atoms with E-state index < -0.39 is 0 Å². The van der Waals surface area contributed by atoms with E-state index in [1.54, 1.807) is 6.08 Å². The summed E-state index contributed by atoms with van der Waals surface area (Å²) in [5.41, 5.74) is 0.749. The second-order valence-electron chi connectivity index (χ2n) is 2.74. The third-order valence-corrected chi connectivity index (χ3v) is 2.25. The van der Waals surface area contributed by atoms with Crippen LogP contribution in [0.2, 0.25) is 0 Å². The summed E-state index contributed by atoms with van der Waals surface area (Å²) in [4.78, 5) is 11.3. The van der Waals surface area contributed by atoms with Crippen molar-refractivity contribution in [2.24, 2.45) is 0 Å². The van der Waals surface area contributed by atoms with Crippen molar-refractivity contribution in [1.82, 2.24) is 5.32 Å². The van der Waals surface area contributed by atoms with Crippen molar-refractivity contribution in [2.45, 2.75) is 19.3 Å². The average molecular weight is 186 g/mol. The van der Waals surface area contributed by atoms with Gasteiger partial charge in [-0.15, -0.1) is 6.58 Å². The summed E-state index contributed by atoms with van der Waals surface area (Å²) in [5.74, 6) is -0.0441. The van der Waals surface area contributed by atoms with Gasteiger partial charge in [0.1, 0.15) is 0 Å². The lowest BCUT2D eigenvalue weighted by atomic mass is 10.2. The van der Waals surface area contributed by atoms with Crippen LogP contribution < -0.4 is 5.32 Å². The van der Waals surface area contributed by atoms with Crippen LogP contribution in [0, 0.1) is 0 Å². The maximum atomic E-state index is 11.3. The molecule has 0 heterocycles. The molecule has 0 aromatic heterocycles. The minimum atomic E-state index is -0.0441. The minimum absolute atomic E-state index is 0.0441. The SMILES string of the molecule is C=CCNC(=O)C1=C(Cl)CCC1. The highest BCUT2D eigenvalue weighted by molar-refractivity contribution is 6.32. The highest BCUT2D eigenvalue weighted by Gasteiger charge is 2.18. The number of carbonyl (C=O) groups excluding carboxylic acids is 1. The Balaban J connectivity index is 2.51. The van der Waals surface area contributed by atoms with Crippen LogP contribution in [0.4, 0.5) is 0 Å². The first-order valence-corrected chi connectivity index (χ1v) is 4.40. The maximum Gasteiger partial charge on any atom is 0.248 e. The van der Waals surface area contributed by atoms with E-state index in [4.69, 9.17) is 11.6 Å². The Labute approximate surface area is 77.3 Å². The third kappa shape index (κ3) is 2.11. The van der Waals surface area contributed by atoms with Crippen molar-refractivity contribution >= 4 is 17.5 Å². The molecule has 0 unspecified atom stereocenters. The van der Waals surface area contributed by atoms with Crippen LogP contribution in [-0.2, 0) is 4.79 Å². The lowest BCUT2D eigenvalue weighted by molar-refractivity contribution is -0.117. The molecule has 12 heavy (non-hydrogen) atoms. The first-order chi connectivity index (χ1) is 5.75. The fourth-order valence-corrected chi connectivity index (χ4v) is 1.53. The van der Waals surface area contributed by atoms with E-state index in [0.29, 0.717) is 6.54 Å². The van der Waals surface area contributed by atoms with Crippen LogP contribution in [-0.4, -0.2) is 12.5 Å². The number of halogens is 1. The third-order valence-electron chi connectivity index (χ3n) is 1.83. The minimum Gasteiger partial charge on any atom is -0.349 e. The molecule has 0 aromatic carbocycles. The maximum absolute atomic E-state index is 11.3. The molecule has 0 fully saturated rings. The zero-order valence-corrected chi connectivity index (χ0v) is 7.66. The molecular formula is C9H12ClNO. The van der Waals surface area contributed by atoms with Gasteiger partial charge in [0.25, 0.3) is 0 Å². The predicted octanol–water partition coefficient (Wildman–Crippen LogP) is 1.97. The summed E-state index contributed by atoms with van der Waals surface area (Å²) in [5, 5.41) is 3.42. The van der Waals surface area contributed by atoms with Gasteiger partial charge in [0.05, 0.1) is 0 Å². The van der Waals surface area contributed by atoms with Gasteiger partial charge < -0.3 is 5.32 Å². The highest BCUT2D eigenvalue weighted by Crippen LogP contribution is 2.28. The fourth-order valence-electron chi connectivity index (χ4n) is 1.22. The quantitative estimate of drug-likeness (QED) is 0.670. The molecule has 0 spiro atoms. The number of amides is 1. The van der Waals surface area contributed by atoms with Crippen LogP contribution in [0.1, 0.15) is 19.3 Å². The van der Waals surface area contributed by atoms with Crippen LogP contribution in [0.15, 0.2) is 23.3 Å². The van der Waals surface area contributed by atoms with Gasteiger partial charge >= 0.3 is 0 Å². The van der Waals surface area contributed by atoms with Crippen molar-refractivity contribution in [3.63, 3.8) is 0 Å². The van der Waals surface area contributed by atoms with Gasteiger partial charge in [0, 0.05) is 17.2 Å². The Bertz CT molecular complexity index is 233. The molecule has 0 saturated carbocycles. The lowest BCUT2D eigenvalue weighted by Gasteiger charge is -2.02. The number of allylic oxidation sites excluding steroid dienone is 1. The number of carbonyl (C=O) groups is 1. The van der Waals surface area contributed by atoms with Gasteiger partial charge in [-0.2, -0.15) is 0 Å². The molecule has 1 aliphatic rings. The standard InChI is InChI=1S/C9H12ClNO/c1-2-6-11-9(12)7-4-3-5-8(7)10/h2H,1,3-6H2,(H,11,12). The van der Waals surface area contributed by atoms with E-state index in [2.05, 4.69) is 11.9 Å². The van der Waals surface area contributed by atoms with E-state index in [1.165, 1.54) is 0 Å². The Morgan fingerprint density at radius 3 is 2.92 bits per heavy atom. The van der Waals surface area contributed by atoms with E-state index in [1.807, 2.05) is 0 Å². The molecule has 0 radical (unpaired) electrons. The number of nitrogens with one attached hydrogen (secondary N) is 1. The molecule has 3 heteroatoms. The molecule has 1 aliphatic carbocycles. The second kappa shape index (κ2) is 4.31. The fraction of sp³-hybridized carbons (Fsp3) is 0.444. The smallest absolute Gasteiger partial charge is 0.248 e. The van der Waals surface area contributed by atoms with Crippen molar-refractivity contribution in [3.05, 3.63) is 23.3 Å². The monoisotopic (exact) mass is 185 g/mol. The normalized spacial score (nSPS) is 16.4. The Kier molecular flexibility index (Phi) is 3.35. The van der Waals surface area contributed by atoms with Gasteiger partial charge in [-0.1, -0.05) is 17.7 Å². The molecule has 1 N–H and O–H groups in total. The first-order valence-electron chi connectivity index (χ1n) is 4.02. The molecule has 66 valence electrons. The summed E-state index contributed by atoms with van der Waals surface area (Å²) in [7, 11) is 0. The summed E-state index contributed by atoms with van der Waals surface area (Å²) in [6.07, 6.45) is 4.30. The van der Waals surface area contributed by atoms with Crippen LogP contribution >= 0.6 is 11.6 Å². The Hall–Kier alpha value is -0.760. The first kappa shape index (κ1) is 9.33. The van der Waals surface area contributed by atoms with E-state index in [0.717, 1.165) is 29.9 Å². The summed E-state index contributed by atoms with van der Waals surface area (Å²) >= 11 is 5.84. The topological polar surface area (TPSA) is 29.1 Å². The van der Waals surface area contributed by atoms with Gasteiger partial charge in [-0.3, -0.25) is 4.79 Å². The second-order valence-corrected chi connectivity index (χ2v) is 3.19. The molecule has 1 rings (SSSR count). The molecule has 1 amide bonds. The Morgan fingerprint density at radius 1 is 1.67 bits per heavy atom. The van der Waals surface area contributed by atoms with Gasteiger partial charge in [-0.25, -0.2) is 0 Å². The van der Waals surface area contributed by atoms with Crippen molar-refractivity contribution in [3.8, 4) is 0 Å². The van der Waals surface area contributed by atoms with Crippen LogP contribution in [0.25, 0.3) is 0 Å². The largest absolute Gasteiger partial charge is 0.349 e. The summed E-state index contributed by atoms with van der Waals surface area (Å²) < 4.78 is 0. The van der Waals surface area contributed by atoms with Crippen LogP contribution in [0.3, 0.4) is 0 Å². The van der Waals surface area contributed by atoms with Crippen molar-refractivity contribution in [1.29, 1.82) is 0 Å². The highest BCUT2D eigenvalue weighted by atomic mass is 35.5. The van der Waals surface area contributed by atoms with Gasteiger partial charge in [0.2, 0.25) is 5.91 Å². The molecule has 0 aromatic rings. The number of hydrogen-bond donors (Lipinski definition) is 1. The average Bonchev–Trinajstić information content (AvgIpc) is 2.47.